The number of nitrogens with two attached hydrogens (primary N) is 1. The van der Waals surface area contributed by atoms with Crippen LogP contribution in [-0.4, -0.2) is 44.0 Å². The molecule has 0 radical (unpaired) electrons. The summed E-state index contributed by atoms with van der Waals surface area (Å²) in [5.74, 6) is -0.552. The second-order valence-electron chi connectivity index (χ2n) is 4.02. The number of likely N-dealkylation sites (N-methyl/N-ethyl adjacent to an activating group) is 1. The highest BCUT2D eigenvalue weighted by molar-refractivity contribution is 5.98. The first-order valence-corrected chi connectivity index (χ1v) is 5.95. The number of nitrogens with one attached hydrogen (secondary N) is 1. The van der Waals surface area contributed by atoms with Crippen molar-refractivity contribution in [1.29, 1.82) is 0 Å². The normalized spacial score (nSPS) is 9.84. The van der Waals surface area contributed by atoms with Crippen molar-refractivity contribution in [3.05, 3.63) is 23.8 Å². The number of nitrogen functional groups attached to an aromatic ring is 1. The number of rotatable bonds is 5. The smallest absolute Gasteiger partial charge is 0.340 e. The number of nitrogens with zero attached hydrogens (tertiary/aromatic N) is 1. The van der Waals surface area contributed by atoms with Crippen molar-refractivity contribution < 1.29 is 14.3 Å². The molecule has 0 aromatic heterocycles. The Balaban J connectivity index is 2.80. The van der Waals surface area contributed by atoms with Crippen LogP contribution in [-0.2, 0) is 9.53 Å². The van der Waals surface area contributed by atoms with E-state index in [1.54, 1.807) is 30.1 Å². The number of hydrogen-bond acceptors (Lipinski definition) is 5. The Morgan fingerprint density at radius 3 is 2.68 bits per heavy atom. The van der Waals surface area contributed by atoms with E-state index < -0.39 is 5.97 Å². The minimum absolute atomic E-state index is 0.0506. The summed E-state index contributed by atoms with van der Waals surface area (Å²) in [5, 5.41) is 2.92. The van der Waals surface area contributed by atoms with Gasteiger partial charge in [-0.2, -0.15) is 0 Å². The molecule has 19 heavy (non-hydrogen) atoms. The standard InChI is InChI=1S/C13H19N3O3/c1-4-16(2)11(17)8-15-10-7-5-6-9(12(10)14)13(18)19-3/h5-7,15H,4,8,14H2,1-3H3. The lowest BCUT2D eigenvalue weighted by Gasteiger charge is -2.16. The average molecular weight is 265 g/mol. The van der Waals surface area contributed by atoms with E-state index in [9.17, 15) is 9.59 Å². The van der Waals surface area contributed by atoms with E-state index in [2.05, 4.69) is 10.1 Å². The fourth-order valence-corrected chi connectivity index (χ4v) is 1.49. The summed E-state index contributed by atoms with van der Waals surface area (Å²) in [6, 6.07) is 4.96. The highest BCUT2D eigenvalue weighted by Gasteiger charge is 2.13. The van der Waals surface area contributed by atoms with Crippen LogP contribution in [0.4, 0.5) is 11.4 Å². The second kappa shape index (κ2) is 6.63. The fraction of sp³-hybridized carbons (Fsp3) is 0.385. The van der Waals surface area contributed by atoms with Gasteiger partial charge in [0.15, 0.2) is 0 Å². The molecule has 1 amide bonds. The maximum Gasteiger partial charge on any atom is 0.340 e. The first kappa shape index (κ1) is 14.8. The zero-order chi connectivity index (χ0) is 14.4. The predicted molar refractivity (Wildman–Crippen MR) is 74.0 cm³/mol. The van der Waals surface area contributed by atoms with Crippen LogP contribution in [0.5, 0.6) is 0 Å². The third-order valence-electron chi connectivity index (χ3n) is 2.84. The lowest BCUT2D eigenvalue weighted by molar-refractivity contribution is -0.127. The number of amides is 1. The van der Waals surface area contributed by atoms with Gasteiger partial charge in [0.2, 0.25) is 5.91 Å². The van der Waals surface area contributed by atoms with Crippen LogP contribution in [0, 0.1) is 0 Å². The van der Waals surface area contributed by atoms with Crippen molar-refractivity contribution >= 4 is 23.3 Å². The number of carbonyl (C=O) groups excluding carboxylic acids is 2. The minimum Gasteiger partial charge on any atom is -0.465 e. The number of ether oxygens (including phenoxy) is 1. The van der Waals surface area contributed by atoms with Crippen molar-refractivity contribution in [2.75, 3.05) is 38.3 Å². The lowest BCUT2D eigenvalue weighted by atomic mass is 10.1. The Morgan fingerprint density at radius 1 is 1.42 bits per heavy atom. The van der Waals surface area contributed by atoms with E-state index in [1.165, 1.54) is 7.11 Å². The molecule has 1 aromatic carbocycles. The zero-order valence-corrected chi connectivity index (χ0v) is 11.4. The number of benzene rings is 1. The molecule has 1 rings (SSSR count). The van der Waals surface area contributed by atoms with Crippen LogP contribution in [0.1, 0.15) is 17.3 Å². The maximum absolute atomic E-state index is 11.7. The van der Waals surface area contributed by atoms with Gasteiger partial charge in [0.05, 0.1) is 30.6 Å². The zero-order valence-electron chi connectivity index (χ0n) is 11.4. The number of para-hydroxylation sites is 1. The topological polar surface area (TPSA) is 84.7 Å². The summed E-state index contributed by atoms with van der Waals surface area (Å²) in [6.45, 7) is 2.65. The molecule has 0 aliphatic carbocycles. The van der Waals surface area contributed by atoms with Gasteiger partial charge in [-0.25, -0.2) is 4.79 Å². The van der Waals surface area contributed by atoms with Gasteiger partial charge in [0.25, 0.3) is 0 Å². The SMILES string of the molecule is CCN(C)C(=O)CNc1cccc(C(=O)OC)c1N. The van der Waals surface area contributed by atoms with Gasteiger partial charge >= 0.3 is 5.97 Å². The summed E-state index contributed by atoms with van der Waals surface area (Å²) in [7, 11) is 3.01. The van der Waals surface area contributed by atoms with Crippen LogP contribution in [0.3, 0.4) is 0 Å². The van der Waals surface area contributed by atoms with E-state index in [-0.39, 0.29) is 23.7 Å². The maximum atomic E-state index is 11.7. The summed E-state index contributed by atoms with van der Waals surface area (Å²) in [4.78, 5) is 24.7. The van der Waals surface area contributed by atoms with Gasteiger partial charge in [0, 0.05) is 13.6 Å². The molecule has 6 nitrogen and oxygen atoms in total. The van der Waals surface area contributed by atoms with Gasteiger partial charge in [-0.05, 0) is 19.1 Å². The summed E-state index contributed by atoms with van der Waals surface area (Å²) >= 11 is 0. The van der Waals surface area contributed by atoms with Crippen LogP contribution in [0.2, 0.25) is 0 Å². The van der Waals surface area contributed by atoms with Crippen molar-refractivity contribution in [3.63, 3.8) is 0 Å². The van der Waals surface area contributed by atoms with Crippen molar-refractivity contribution in [3.8, 4) is 0 Å². The predicted octanol–water partition coefficient (Wildman–Crippen LogP) is 0.946. The molecule has 3 N–H and O–H groups in total. The molecule has 0 spiro atoms. The fourth-order valence-electron chi connectivity index (χ4n) is 1.49. The van der Waals surface area contributed by atoms with Gasteiger partial charge in [-0.3, -0.25) is 4.79 Å². The number of anilines is 2. The highest BCUT2D eigenvalue weighted by atomic mass is 16.5. The molecule has 0 aliphatic heterocycles. The number of carbonyl (C=O) groups is 2. The molecule has 0 saturated carbocycles. The first-order chi connectivity index (χ1) is 9.01. The highest BCUT2D eigenvalue weighted by Crippen LogP contribution is 2.23. The second-order valence-corrected chi connectivity index (χ2v) is 4.02. The molecule has 0 saturated heterocycles. The van der Waals surface area contributed by atoms with E-state index in [0.29, 0.717) is 12.2 Å². The Bertz CT molecular complexity index is 474. The molecular formula is C13H19N3O3. The number of methoxy groups -OCH3 is 1. The Labute approximate surface area is 112 Å². The molecule has 1 aromatic rings. The molecule has 0 unspecified atom stereocenters. The van der Waals surface area contributed by atoms with Crippen molar-refractivity contribution in [2.24, 2.45) is 0 Å². The van der Waals surface area contributed by atoms with Crippen molar-refractivity contribution in [2.45, 2.75) is 6.92 Å². The summed E-state index contributed by atoms with van der Waals surface area (Å²) < 4.78 is 4.63. The Morgan fingerprint density at radius 2 is 2.11 bits per heavy atom. The quantitative estimate of drug-likeness (QED) is 0.611. The van der Waals surface area contributed by atoms with Gasteiger partial charge < -0.3 is 20.7 Å². The van der Waals surface area contributed by atoms with Gasteiger partial charge in [-0.15, -0.1) is 0 Å². The minimum atomic E-state index is -0.502. The third-order valence-corrected chi connectivity index (χ3v) is 2.84. The van der Waals surface area contributed by atoms with E-state index in [0.717, 1.165) is 0 Å². The molecule has 0 fully saturated rings. The molecule has 0 heterocycles. The summed E-state index contributed by atoms with van der Waals surface area (Å²) in [5.41, 5.74) is 6.97. The Kier molecular flexibility index (Phi) is 5.17. The lowest BCUT2D eigenvalue weighted by Crippen LogP contribution is -2.32. The third kappa shape index (κ3) is 3.61. The van der Waals surface area contributed by atoms with Crippen LogP contribution in [0.15, 0.2) is 18.2 Å². The van der Waals surface area contributed by atoms with E-state index in [1.807, 2.05) is 6.92 Å². The first-order valence-electron chi connectivity index (χ1n) is 5.95. The van der Waals surface area contributed by atoms with Crippen LogP contribution >= 0.6 is 0 Å². The number of esters is 1. The molecule has 0 bridgehead atoms. The van der Waals surface area contributed by atoms with Crippen molar-refractivity contribution in [1.82, 2.24) is 4.90 Å². The molecule has 104 valence electrons. The van der Waals surface area contributed by atoms with Gasteiger partial charge in [-0.1, -0.05) is 6.07 Å². The molecule has 0 aliphatic rings. The van der Waals surface area contributed by atoms with Crippen LogP contribution in [0.25, 0.3) is 0 Å². The molecular weight excluding hydrogens is 246 g/mol. The summed E-state index contributed by atoms with van der Waals surface area (Å²) in [6.07, 6.45) is 0. The Hall–Kier alpha value is -2.24. The monoisotopic (exact) mass is 265 g/mol. The van der Waals surface area contributed by atoms with E-state index >= 15 is 0 Å². The average Bonchev–Trinajstić information content (AvgIpc) is 2.44. The largest absolute Gasteiger partial charge is 0.465 e. The molecule has 6 heteroatoms. The van der Waals surface area contributed by atoms with E-state index in [4.69, 9.17) is 5.73 Å². The van der Waals surface area contributed by atoms with Gasteiger partial charge in [0.1, 0.15) is 0 Å². The molecule has 0 atom stereocenters. The number of hydrogen-bond donors (Lipinski definition) is 2. The van der Waals surface area contributed by atoms with Crippen LogP contribution < -0.4 is 11.1 Å².